The number of aryl methyl sites for hydroxylation is 1. The normalized spacial score (nSPS) is 12.8. The van der Waals surface area contributed by atoms with Crippen molar-refractivity contribution < 1.29 is 9.53 Å². The van der Waals surface area contributed by atoms with Gasteiger partial charge >= 0.3 is 5.97 Å². The summed E-state index contributed by atoms with van der Waals surface area (Å²) >= 11 is 5.11. The van der Waals surface area contributed by atoms with Crippen LogP contribution in [0.3, 0.4) is 0 Å². The Labute approximate surface area is 99.8 Å². The van der Waals surface area contributed by atoms with E-state index in [4.69, 9.17) is 17.0 Å². The molecule has 1 N–H and O–H groups in total. The predicted octanol–water partition coefficient (Wildman–Crippen LogP) is 2.01. The molecule has 0 aliphatic carbocycles. The minimum Gasteiger partial charge on any atom is -0.467 e. The fraction of sp³-hybridized carbons (Fsp3) is 0.700. The predicted molar refractivity (Wildman–Crippen MR) is 62.7 cm³/mol. The number of esters is 1. The molecule has 90 valence electrons. The Balaban J connectivity index is 3.10. The van der Waals surface area contributed by atoms with Crippen molar-refractivity contribution in [3.63, 3.8) is 0 Å². The molecule has 1 unspecified atom stereocenters. The molecule has 0 aliphatic heterocycles. The van der Waals surface area contributed by atoms with E-state index in [1.54, 1.807) is 4.57 Å². The Hall–Kier alpha value is -1.17. The fourth-order valence-electron chi connectivity index (χ4n) is 1.64. The van der Waals surface area contributed by atoms with E-state index in [1.165, 1.54) is 7.11 Å². The largest absolute Gasteiger partial charge is 0.467 e. The smallest absolute Gasteiger partial charge is 0.329 e. The maximum Gasteiger partial charge on any atom is 0.329 e. The first-order valence-electron chi connectivity index (χ1n) is 5.18. The molecule has 16 heavy (non-hydrogen) atoms. The molecule has 0 aromatic carbocycles. The van der Waals surface area contributed by atoms with E-state index in [0.717, 1.165) is 0 Å². The Kier molecular flexibility index (Phi) is 4.23. The van der Waals surface area contributed by atoms with E-state index < -0.39 is 6.04 Å². The Morgan fingerprint density at radius 1 is 1.62 bits per heavy atom. The van der Waals surface area contributed by atoms with Crippen LogP contribution in [0.1, 0.15) is 32.1 Å². The maximum atomic E-state index is 11.7. The van der Waals surface area contributed by atoms with Gasteiger partial charge in [0.15, 0.2) is 4.77 Å². The third-order valence-corrected chi connectivity index (χ3v) is 2.65. The van der Waals surface area contributed by atoms with Crippen LogP contribution in [0.4, 0.5) is 0 Å². The molecule has 1 rings (SSSR count). The van der Waals surface area contributed by atoms with E-state index in [2.05, 4.69) is 24.0 Å². The molecule has 1 atom stereocenters. The zero-order valence-corrected chi connectivity index (χ0v) is 10.8. The Bertz CT molecular complexity index is 422. The van der Waals surface area contributed by atoms with Crippen LogP contribution in [0.25, 0.3) is 0 Å². The van der Waals surface area contributed by atoms with Crippen LogP contribution in [0, 0.1) is 17.6 Å². The van der Waals surface area contributed by atoms with Crippen molar-refractivity contribution in [2.75, 3.05) is 7.11 Å². The van der Waals surface area contributed by atoms with E-state index in [0.29, 0.717) is 22.9 Å². The van der Waals surface area contributed by atoms with Crippen LogP contribution in [0.5, 0.6) is 0 Å². The number of aromatic amines is 1. The highest BCUT2D eigenvalue weighted by molar-refractivity contribution is 7.71. The minimum atomic E-state index is -0.392. The standard InChI is InChI=1S/C10H17N3O2S/c1-6(2)5-8(9(14)15-4)13-7(3)11-12-10(13)16/h6,8H,5H2,1-4H3,(H,12,16). The lowest BCUT2D eigenvalue weighted by Crippen LogP contribution is -2.23. The second kappa shape index (κ2) is 5.25. The van der Waals surface area contributed by atoms with Gasteiger partial charge in [-0.1, -0.05) is 13.8 Å². The van der Waals surface area contributed by atoms with E-state index >= 15 is 0 Å². The van der Waals surface area contributed by atoms with Gasteiger partial charge in [0.05, 0.1) is 7.11 Å². The van der Waals surface area contributed by atoms with Gasteiger partial charge < -0.3 is 4.74 Å². The topological polar surface area (TPSA) is 59.9 Å². The van der Waals surface area contributed by atoms with Crippen molar-refractivity contribution in [2.24, 2.45) is 5.92 Å². The Morgan fingerprint density at radius 2 is 2.25 bits per heavy atom. The third kappa shape index (κ3) is 2.69. The van der Waals surface area contributed by atoms with Crippen molar-refractivity contribution in [3.05, 3.63) is 10.6 Å². The summed E-state index contributed by atoms with van der Waals surface area (Å²) in [5, 5.41) is 6.68. The molecule has 5 nitrogen and oxygen atoms in total. The average molecular weight is 243 g/mol. The number of hydrogen-bond donors (Lipinski definition) is 1. The van der Waals surface area contributed by atoms with Gasteiger partial charge in [0.1, 0.15) is 11.9 Å². The first-order valence-corrected chi connectivity index (χ1v) is 5.59. The highest BCUT2D eigenvalue weighted by atomic mass is 32.1. The van der Waals surface area contributed by atoms with Crippen molar-refractivity contribution in [1.29, 1.82) is 0 Å². The number of carbonyl (C=O) groups excluding carboxylic acids is 1. The van der Waals surface area contributed by atoms with Crippen LogP contribution < -0.4 is 0 Å². The van der Waals surface area contributed by atoms with Crippen LogP contribution in [-0.2, 0) is 9.53 Å². The molecule has 0 saturated heterocycles. The molecule has 1 heterocycles. The number of aromatic nitrogens is 3. The highest BCUT2D eigenvalue weighted by Gasteiger charge is 2.24. The molecule has 0 bridgehead atoms. The highest BCUT2D eigenvalue weighted by Crippen LogP contribution is 2.20. The number of nitrogens with zero attached hydrogens (tertiary/aromatic N) is 2. The van der Waals surface area contributed by atoms with Gasteiger partial charge in [0.25, 0.3) is 0 Å². The lowest BCUT2D eigenvalue weighted by Gasteiger charge is -2.18. The van der Waals surface area contributed by atoms with Crippen LogP contribution in [-0.4, -0.2) is 27.8 Å². The maximum absolute atomic E-state index is 11.7. The molecule has 6 heteroatoms. The summed E-state index contributed by atoms with van der Waals surface area (Å²) in [4.78, 5) is 11.7. The van der Waals surface area contributed by atoms with E-state index in [9.17, 15) is 4.79 Å². The van der Waals surface area contributed by atoms with Crippen LogP contribution in [0.2, 0.25) is 0 Å². The molecule has 0 radical (unpaired) electrons. The Morgan fingerprint density at radius 3 is 2.62 bits per heavy atom. The van der Waals surface area contributed by atoms with E-state index in [-0.39, 0.29) is 5.97 Å². The SMILES string of the molecule is COC(=O)C(CC(C)C)n1c(C)n[nH]c1=S. The van der Waals surface area contributed by atoms with Crippen LogP contribution >= 0.6 is 12.2 Å². The lowest BCUT2D eigenvalue weighted by molar-refractivity contribution is -0.145. The van der Waals surface area contributed by atoms with Gasteiger partial charge in [-0.3, -0.25) is 9.67 Å². The van der Waals surface area contributed by atoms with Gasteiger partial charge in [-0.2, -0.15) is 5.10 Å². The number of nitrogens with one attached hydrogen (secondary N) is 1. The first kappa shape index (κ1) is 12.9. The first-order chi connectivity index (χ1) is 7.47. The number of H-pyrrole nitrogens is 1. The third-order valence-electron chi connectivity index (χ3n) is 2.36. The molecule has 0 saturated carbocycles. The summed E-state index contributed by atoms with van der Waals surface area (Å²) in [7, 11) is 1.38. The van der Waals surface area contributed by atoms with Gasteiger partial charge in [0, 0.05) is 0 Å². The summed E-state index contributed by atoms with van der Waals surface area (Å²) in [6.07, 6.45) is 0.682. The zero-order chi connectivity index (χ0) is 12.3. The summed E-state index contributed by atoms with van der Waals surface area (Å²) in [5.41, 5.74) is 0. The second-order valence-corrected chi connectivity index (χ2v) is 4.50. The van der Waals surface area contributed by atoms with Crippen molar-refractivity contribution in [2.45, 2.75) is 33.2 Å². The lowest BCUT2D eigenvalue weighted by atomic mass is 10.0. The number of carbonyl (C=O) groups is 1. The summed E-state index contributed by atoms with van der Waals surface area (Å²) < 4.78 is 6.96. The molecule has 0 amide bonds. The molecule has 0 fully saturated rings. The number of ether oxygens (including phenoxy) is 1. The van der Waals surface area contributed by atoms with Crippen molar-refractivity contribution >= 4 is 18.2 Å². The molecule has 0 aliphatic rings. The molecule has 0 spiro atoms. The molecule has 1 aromatic rings. The zero-order valence-electron chi connectivity index (χ0n) is 9.98. The fourth-order valence-corrected chi connectivity index (χ4v) is 1.95. The van der Waals surface area contributed by atoms with Gasteiger partial charge in [-0.25, -0.2) is 4.79 Å². The monoisotopic (exact) mass is 243 g/mol. The van der Waals surface area contributed by atoms with Gasteiger partial charge in [0.2, 0.25) is 0 Å². The van der Waals surface area contributed by atoms with E-state index in [1.807, 2.05) is 6.92 Å². The number of hydrogen-bond acceptors (Lipinski definition) is 4. The quantitative estimate of drug-likeness (QED) is 0.649. The molecular weight excluding hydrogens is 226 g/mol. The molecule has 1 aromatic heterocycles. The van der Waals surface area contributed by atoms with Gasteiger partial charge in [-0.05, 0) is 31.5 Å². The average Bonchev–Trinajstić information content (AvgIpc) is 2.54. The van der Waals surface area contributed by atoms with Crippen molar-refractivity contribution in [1.82, 2.24) is 14.8 Å². The van der Waals surface area contributed by atoms with Crippen molar-refractivity contribution in [3.8, 4) is 0 Å². The van der Waals surface area contributed by atoms with Gasteiger partial charge in [-0.15, -0.1) is 0 Å². The second-order valence-electron chi connectivity index (χ2n) is 4.11. The number of rotatable bonds is 4. The molecular formula is C10H17N3O2S. The number of methoxy groups -OCH3 is 1. The van der Waals surface area contributed by atoms with Crippen LogP contribution in [0.15, 0.2) is 0 Å². The minimum absolute atomic E-state index is 0.283. The summed E-state index contributed by atoms with van der Waals surface area (Å²) in [5.74, 6) is 0.788. The summed E-state index contributed by atoms with van der Waals surface area (Å²) in [6, 6.07) is -0.392. The summed E-state index contributed by atoms with van der Waals surface area (Å²) in [6.45, 7) is 5.91.